The van der Waals surface area contributed by atoms with Gasteiger partial charge >= 0.3 is 0 Å². The molecule has 4 N–H and O–H groups in total. The van der Waals surface area contributed by atoms with Gasteiger partial charge in [0.05, 0.1) is 0 Å². The van der Waals surface area contributed by atoms with E-state index in [9.17, 15) is 0 Å². The topological polar surface area (TPSA) is 52.0 Å². The van der Waals surface area contributed by atoms with Gasteiger partial charge in [-0.05, 0) is 24.7 Å². The van der Waals surface area contributed by atoms with Gasteiger partial charge in [0.15, 0.2) is 0 Å². The lowest BCUT2D eigenvalue weighted by Crippen LogP contribution is -2.31. The van der Waals surface area contributed by atoms with E-state index < -0.39 is 0 Å². The highest BCUT2D eigenvalue weighted by molar-refractivity contribution is 4.71. The van der Waals surface area contributed by atoms with Crippen molar-refractivity contribution in [3.63, 3.8) is 0 Å². The standard InChI is InChI=1S/2C6H15N/c2*1-5(7)6(2,3)4/h2*5H,7H2,1-4H3/t2*5-/m00/s1. The molecule has 2 nitrogen and oxygen atoms in total. The van der Waals surface area contributed by atoms with Crippen molar-refractivity contribution < 1.29 is 0 Å². The third-order valence-electron chi connectivity index (χ3n) is 2.73. The van der Waals surface area contributed by atoms with E-state index in [1.165, 1.54) is 0 Å². The SMILES string of the molecule is C[C@H](N)C(C)(C)C.C[C@H](N)C(C)(C)C. The Morgan fingerprint density at radius 2 is 0.714 bits per heavy atom. The van der Waals surface area contributed by atoms with Crippen molar-refractivity contribution in [1.29, 1.82) is 0 Å². The van der Waals surface area contributed by atoms with E-state index in [0.29, 0.717) is 12.1 Å². The first kappa shape index (κ1) is 16.4. The fourth-order valence-corrected chi connectivity index (χ4v) is 0. The van der Waals surface area contributed by atoms with Gasteiger partial charge in [-0.1, -0.05) is 41.5 Å². The number of hydrogen-bond donors (Lipinski definition) is 2. The van der Waals surface area contributed by atoms with Crippen LogP contribution >= 0.6 is 0 Å². The Bertz CT molecular complexity index is 117. The zero-order valence-electron chi connectivity index (χ0n) is 11.3. The van der Waals surface area contributed by atoms with Crippen LogP contribution in [0.15, 0.2) is 0 Å². The molecule has 0 bridgehead atoms. The Morgan fingerprint density at radius 3 is 0.714 bits per heavy atom. The lowest BCUT2D eigenvalue weighted by atomic mass is 9.89. The highest BCUT2D eigenvalue weighted by atomic mass is 14.6. The van der Waals surface area contributed by atoms with Crippen LogP contribution < -0.4 is 11.5 Å². The summed E-state index contributed by atoms with van der Waals surface area (Å²) >= 11 is 0. The minimum atomic E-state index is 0.278. The van der Waals surface area contributed by atoms with Gasteiger partial charge in [-0.25, -0.2) is 0 Å². The van der Waals surface area contributed by atoms with Crippen LogP contribution in [0.5, 0.6) is 0 Å². The van der Waals surface area contributed by atoms with E-state index in [1.807, 2.05) is 13.8 Å². The monoisotopic (exact) mass is 202 g/mol. The molecule has 88 valence electrons. The van der Waals surface area contributed by atoms with Crippen molar-refractivity contribution in [3.05, 3.63) is 0 Å². The summed E-state index contributed by atoms with van der Waals surface area (Å²) in [5.41, 5.74) is 11.7. The molecule has 0 spiro atoms. The minimum Gasteiger partial charge on any atom is -0.327 e. The van der Waals surface area contributed by atoms with Crippen LogP contribution in [0.3, 0.4) is 0 Å². The van der Waals surface area contributed by atoms with Crippen LogP contribution in [0.1, 0.15) is 55.4 Å². The number of hydrogen-bond acceptors (Lipinski definition) is 2. The van der Waals surface area contributed by atoms with Crippen LogP contribution in [-0.4, -0.2) is 12.1 Å². The first-order chi connectivity index (χ1) is 5.89. The van der Waals surface area contributed by atoms with Gasteiger partial charge in [-0.3, -0.25) is 0 Å². The highest BCUT2D eigenvalue weighted by Gasteiger charge is 2.14. The third-order valence-corrected chi connectivity index (χ3v) is 2.73. The van der Waals surface area contributed by atoms with Crippen LogP contribution in [0, 0.1) is 10.8 Å². The molecule has 0 aromatic carbocycles. The molecule has 0 heterocycles. The van der Waals surface area contributed by atoms with Crippen LogP contribution in [0.4, 0.5) is 0 Å². The lowest BCUT2D eigenvalue weighted by Gasteiger charge is -2.22. The molecule has 2 heteroatoms. The van der Waals surface area contributed by atoms with E-state index >= 15 is 0 Å². The Hall–Kier alpha value is -0.0800. The van der Waals surface area contributed by atoms with Gasteiger partial charge < -0.3 is 11.5 Å². The van der Waals surface area contributed by atoms with Crippen molar-refractivity contribution in [1.82, 2.24) is 0 Å². The Kier molecular flexibility index (Phi) is 6.68. The van der Waals surface area contributed by atoms with E-state index in [2.05, 4.69) is 41.5 Å². The molecule has 0 fully saturated rings. The van der Waals surface area contributed by atoms with E-state index in [-0.39, 0.29) is 10.8 Å². The summed E-state index contributed by atoms with van der Waals surface area (Å²) in [5.74, 6) is 0. The Balaban J connectivity index is 0. The highest BCUT2D eigenvalue weighted by Crippen LogP contribution is 2.16. The van der Waals surface area contributed by atoms with Crippen molar-refractivity contribution in [2.75, 3.05) is 0 Å². The van der Waals surface area contributed by atoms with Crippen LogP contribution in [-0.2, 0) is 0 Å². The van der Waals surface area contributed by atoms with Crippen molar-refractivity contribution in [2.24, 2.45) is 22.3 Å². The average Bonchev–Trinajstić information content (AvgIpc) is 1.83. The number of rotatable bonds is 0. The van der Waals surface area contributed by atoms with Crippen molar-refractivity contribution >= 4 is 0 Å². The largest absolute Gasteiger partial charge is 0.327 e. The second-order valence-corrected chi connectivity index (χ2v) is 6.31. The normalized spacial score (nSPS) is 16.7. The van der Waals surface area contributed by atoms with Crippen LogP contribution in [0.25, 0.3) is 0 Å². The summed E-state index contributed by atoms with van der Waals surface area (Å²) in [6.07, 6.45) is 0. The summed E-state index contributed by atoms with van der Waals surface area (Å²) in [6.45, 7) is 16.9. The van der Waals surface area contributed by atoms with Gasteiger partial charge in [0, 0.05) is 12.1 Å². The Labute approximate surface area is 90.4 Å². The zero-order chi connectivity index (χ0) is 12.2. The summed E-state index contributed by atoms with van der Waals surface area (Å²) in [7, 11) is 0. The van der Waals surface area contributed by atoms with E-state index in [0.717, 1.165) is 0 Å². The molecule has 0 aromatic rings. The Morgan fingerprint density at radius 1 is 0.643 bits per heavy atom. The molecule has 0 aliphatic heterocycles. The predicted molar refractivity (Wildman–Crippen MR) is 66.2 cm³/mol. The fourth-order valence-electron chi connectivity index (χ4n) is 0. The van der Waals surface area contributed by atoms with Crippen LogP contribution in [0.2, 0.25) is 0 Å². The van der Waals surface area contributed by atoms with Gasteiger partial charge in [0.1, 0.15) is 0 Å². The molecule has 0 rings (SSSR count). The van der Waals surface area contributed by atoms with Gasteiger partial charge in [-0.15, -0.1) is 0 Å². The summed E-state index contributed by atoms with van der Waals surface area (Å²) < 4.78 is 0. The minimum absolute atomic E-state index is 0.278. The quantitative estimate of drug-likeness (QED) is 0.634. The molecule has 0 aliphatic carbocycles. The molecule has 0 amide bonds. The van der Waals surface area contributed by atoms with Gasteiger partial charge in [0.2, 0.25) is 0 Å². The lowest BCUT2D eigenvalue weighted by molar-refractivity contribution is 0.339. The maximum Gasteiger partial charge on any atom is 0.00591 e. The molecule has 0 saturated carbocycles. The fraction of sp³-hybridized carbons (Fsp3) is 1.00. The first-order valence-electron chi connectivity index (χ1n) is 5.40. The number of nitrogens with two attached hydrogens (primary N) is 2. The first-order valence-corrected chi connectivity index (χ1v) is 5.40. The molecule has 0 aliphatic rings. The zero-order valence-corrected chi connectivity index (χ0v) is 11.3. The summed E-state index contributed by atoms with van der Waals surface area (Å²) in [4.78, 5) is 0. The van der Waals surface area contributed by atoms with Gasteiger partial charge in [0.25, 0.3) is 0 Å². The summed E-state index contributed by atoms with van der Waals surface area (Å²) in [5, 5.41) is 0. The molecular weight excluding hydrogens is 172 g/mol. The molecule has 0 unspecified atom stereocenters. The molecule has 14 heavy (non-hydrogen) atoms. The maximum absolute atomic E-state index is 5.57. The smallest absolute Gasteiger partial charge is 0.00591 e. The average molecular weight is 202 g/mol. The second-order valence-electron chi connectivity index (χ2n) is 6.31. The summed E-state index contributed by atoms with van der Waals surface area (Å²) in [6, 6.07) is 0.597. The molecule has 0 radical (unpaired) electrons. The second kappa shape index (κ2) is 5.72. The van der Waals surface area contributed by atoms with Crippen molar-refractivity contribution in [2.45, 2.75) is 67.5 Å². The van der Waals surface area contributed by atoms with E-state index in [1.54, 1.807) is 0 Å². The molecule has 0 saturated heterocycles. The predicted octanol–water partition coefficient (Wildman–Crippen LogP) is 2.76. The third kappa shape index (κ3) is 10.0. The van der Waals surface area contributed by atoms with Crippen molar-refractivity contribution in [3.8, 4) is 0 Å². The molecule has 2 atom stereocenters. The van der Waals surface area contributed by atoms with E-state index in [4.69, 9.17) is 11.5 Å². The van der Waals surface area contributed by atoms with Gasteiger partial charge in [-0.2, -0.15) is 0 Å². The molecule has 0 aromatic heterocycles. The molecular formula is C12H30N2. The maximum atomic E-state index is 5.57.